The Kier molecular flexibility index (Phi) is 4.74. The van der Waals surface area contributed by atoms with Crippen LogP contribution in [0.2, 0.25) is 0 Å². The van der Waals surface area contributed by atoms with Gasteiger partial charge in [0.15, 0.2) is 0 Å². The van der Waals surface area contributed by atoms with Crippen molar-refractivity contribution >= 4 is 12.2 Å². The summed E-state index contributed by atoms with van der Waals surface area (Å²) in [6.07, 6.45) is 5.24. The fourth-order valence-electron chi connectivity index (χ4n) is 2.14. The van der Waals surface area contributed by atoms with E-state index < -0.39 is 0 Å². The molecule has 0 spiro atoms. The standard InChI is InChI=1S/C19H19N/c1-15(2)12-18-10-7-16(8-11-18)6-9-17-4-3-5-19(13-17)14-20/h3-11,13,15H,12H2,1-2H3/b9-6+. The number of benzene rings is 2. The first-order valence-corrected chi connectivity index (χ1v) is 6.94. The van der Waals surface area contributed by atoms with Crippen LogP contribution in [0, 0.1) is 17.2 Å². The van der Waals surface area contributed by atoms with Gasteiger partial charge in [0.1, 0.15) is 0 Å². The molecule has 0 amide bonds. The highest BCUT2D eigenvalue weighted by Gasteiger charge is 1.97. The normalized spacial score (nSPS) is 10.9. The molecule has 0 aliphatic rings. The molecule has 0 saturated heterocycles. The lowest BCUT2D eigenvalue weighted by Crippen LogP contribution is -1.93. The summed E-state index contributed by atoms with van der Waals surface area (Å²) in [6.45, 7) is 4.46. The van der Waals surface area contributed by atoms with E-state index in [-0.39, 0.29) is 0 Å². The lowest BCUT2D eigenvalue weighted by Gasteiger charge is -2.04. The first-order valence-electron chi connectivity index (χ1n) is 6.94. The first kappa shape index (κ1) is 14.1. The van der Waals surface area contributed by atoms with Gasteiger partial charge in [0.25, 0.3) is 0 Å². The van der Waals surface area contributed by atoms with Crippen LogP contribution < -0.4 is 0 Å². The highest BCUT2D eigenvalue weighted by Crippen LogP contribution is 2.13. The van der Waals surface area contributed by atoms with Gasteiger partial charge in [-0.25, -0.2) is 0 Å². The minimum Gasteiger partial charge on any atom is -0.192 e. The number of nitriles is 1. The largest absolute Gasteiger partial charge is 0.192 e. The maximum Gasteiger partial charge on any atom is 0.0991 e. The molecule has 0 N–H and O–H groups in total. The fraction of sp³-hybridized carbons (Fsp3) is 0.211. The summed E-state index contributed by atoms with van der Waals surface area (Å²) in [5.41, 5.74) is 4.30. The zero-order valence-electron chi connectivity index (χ0n) is 12.0. The monoisotopic (exact) mass is 261 g/mol. The van der Waals surface area contributed by atoms with Gasteiger partial charge in [-0.2, -0.15) is 5.26 Å². The van der Waals surface area contributed by atoms with Gasteiger partial charge in [-0.15, -0.1) is 0 Å². The molecule has 20 heavy (non-hydrogen) atoms. The van der Waals surface area contributed by atoms with Gasteiger partial charge in [0.05, 0.1) is 11.6 Å². The van der Waals surface area contributed by atoms with Crippen molar-refractivity contribution in [1.82, 2.24) is 0 Å². The predicted octanol–water partition coefficient (Wildman–Crippen LogP) is 4.93. The quantitative estimate of drug-likeness (QED) is 0.716. The van der Waals surface area contributed by atoms with E-state index in [1.807, 2.05) is 30.3 Å². The van der Waals surface area contributed by atoms with Crippen LogP contribution in [-0.2, 0) is 6.42 Å². The molecule has 1 nitrogen and oxygen atoms in total. The van der Waals surface area contributed by atoms with E-state index in [4.69, 9.17) is 5.26 Å². The summed E-state index contributed by atoms with van der Waals surface area (Å²) in [5.74, 6) is 0.685. The van der Waals surface area contributed by atoms with E-state index in [9.17, 15) is 0 Å². The Bertz CT molecular complexity index is 628. The van der Waals surface area contributed by atoms with Crippen molar-refractivity contribution in [3.8, 4) is 6.07 Å². The minimum atomic E-state index is 0.685. The topological polar surface area (TPSA) is 23.8 Å². The van der Waals surface area contributed by atoms with Gasteiger partial charge in [-0.1, -0.05) is 62.4 Å². The molecule has 0 heterocycles. The Morgan fingerprint density at radius 2 is 1.70 bits per heavy atom. The second-order valence-corrected chi connectivity index (χ2v) is 5.41. The molecular weight excluding hydrogens is 242 g/mol. The molecule has 0 saturated carbocycles. The van der Waals surface area contributed by atoms with E-state index in [0.717, 1.165) is 12.0 Å². The van der Waals surface area contributed by atoms with Crippen LogP contribution in [0.4, 0.5) is 0 Å². The molecule has 0 radical (unpaired) electrons. The molecule has 0 unspecified atom stereocenters. The Hall–Kier alpha value is -2.33. The van der Waals surface area contributed by atoms with Gasteiger partial charge < -0.3 is 0 Å². The third kappa shape index (κ3) is 4.10. The molecule has 2 aromatic rings. The summed E-state index contributed by atoms with van der Waals surface area (Å²) in [5, 5.41) is 8.88. The van der Waals surface area contributed by atoms with E-state index in [2.05, 4.69) is 50.3 Å². The zero-order chi connectivity index (χ0) is 14.4. The lowest BCUT2D eigenvalue weighted by atomic mass is 10.0. The molecule has 1 heteroatoms. The Labute approximate surface area is 121 Å². The number of hydrogen-bond acceptors (Lipinski definition) is 1. The van der Waals surface area contributed by atoms with Crippen LogP contribution >= 0.6 is 0 Å². The highest BCUT2D eigenvalue weighted by atomic mass is 14.2. The lowest BCUT2D eigenvalue weighted by molar-refractivity contribution is 0.647. The number of hydrogen-bond donors (Lipinski definition) is 0. The SMILES string of the molecule is CC(C)Cc1ccc(/C=C/c2cccc(C#N)c2)cc1. The van der Waals surface area contributed by atoms with Crippen LogP contribution in [0.15, 0.2) is 48.5 Å². The second-order valence-electron chi connectivity index (χ2n) is 5.41. The summed E-state index contributed by atoms with van der Waals surface area (Å²) >= 11 is 0. The molecular formula is C19H19N. The number of rotatable bonds is 4. The second kappa shape index (κ2) is 6.73. The molecule has 0 aliphatic carbocycles. The number of nitrogens with zero attached hydrogens (tertiary/aromatic N) is 1. The molecule has 2 rings (SSSR count). The third-order valence-corrected chi connectivity index (χ3v) is 3.11. The van der Waals surface area contributed by atoms with Crippen molar-refractivity contribution in [2.75, 3.05) is 0 Å². The van der Waals surface area contributed by atoms with E-state index in [0.29, 0.717) is 11.5 Å². The molecule has 0 aliphatic heterocycles. The van der Waals surface area contributed by atoms with E-state index >= 15 is 0 Å². The van der Waals surface area contributed by atoms with E-state index in [1.165, 1.54) is 11.1 Å². The van der Waals surface area contributed by atoms with Crippen molar-refractivity contribution < 1.29 is 0 Å². The molecule has 2 aromatic carbocycles. The predicted molar refractivity (Wildman–Crippen MR) is 85.1 cm³/mol. The maximum atomic E-state index is 8.88. The van der Waals surface area contributed by atoms with Crippen molar-refractivity contribution in [2.45, 2.75) is 20.3 Å². The van der Waals surface area contributed by atoms with Gasteiger partial charge in [-0.05, 0) is 41.2 Å². The smallest absolute Gasteiger partial charge is 0.0991 e. The maximum absolute atomic E-state index is 8.88. The van der Waals surface area contributed by atoms with Crippen molar-refractivity contribution in [2.24, 2.45) is 5.92 Å². The zero-order valence-corrected chi connectivity index (χ0v) is 12.0. The van der Waals surface area contributed by atoms with Crippen molar-refractivity contribution in [1.29, 1.82) is 5.26 Å². The van der Waals surface area contributed by atoms with Crippen LogP contribution in [0.1, 0.15) is 36.1 Å². The molecule has 0 fully saturated rings. The van der Waals surface area contributed by atoms with Gasteiger partial charge in [0, 0.05) is 0 Å². The Morgan fingerprint density at radius 1 is 1.00 bits per heavy atom. The average Bonchev–Trinajstić information content (AvgIpc) is 2.46. The summed E-state index contributed by atoms with van der Waals surface area (Å²) in [7, 11) is 0. The average molecular weight is 261 g/mol. The van der Waals surface area contributed by atoms with Crippen molar-refractivity contribution in [3.63, 3.8) is 0 Å². The summed E-state index contributed by atoms with van der Waals surface area (Å²) in [4.78, 5) is 0. The molecule has 0 atom stereocenters. The highest BCUT2D eigenvalue weighted by molar-refractivity contribution is 5.70. The van der Waals surface area contributed by atoms with Gasteiger partial charge >= 0.3 is 0 Å². The first-order chi connectivity index (χ1) is 9.67. The van der Waals surface area contributed by atoms with Crippen LogP contribution in [0.25, 0.3) is 12.2 Å². The van der Waals surface area contributed by atoms with Crippen LogP contribution in [-0.4, -0.2) is 0 Å². The summed E-state index contributed by atoms with van der Waals surface area (Å²) < 4.78 is 0. The Balaban J connectivity index is 2.09. The molecule has 0 aromatic heterocycles. The molecule has 0 bridgehead atoms. The fourth-order valence-corrected chi connectivity index (χ4v) is 2.14. The molecule has 100 valence electrons. The van der Waals surface area contributed by atoms with Gasteiger partial charge in [0.2, 0.25) is 0 Å². The van der Waals surface area contributed by atoms with Gasteiger partial charge in [-0.3, -0.25) is 0 Å². The van der Waals surface area contributed by atoms with Crippen molar-refractivity contribution in [3.05, 3.63) is 70.8 Å². The minimum absolute atomic E-state index is 0.685. The van der Waals surface area contributed by atoms with E-state index in [1.54, 1.807) is 0 Å². The van der Waals surface area contributed by atoms with Crippen LogP contribution in [0.5, 0.6) is 0 Å². The van der Waals surface area contributed by atoms with Crippen LogP contribution in [0.3, 0.4) is 0 Å². The third-order valence-electron chi connectivity index (χ3n) is 3.11. The summed E-state index contributed by atoms with van der Waals surface area (Å²) in [6, 6.07) is 18.4. The Morgan fingerprint density at radius 3 is 2.35 bits per heavy atom.